The SMILES string of the molecule is CCCCCNC(=O)[C@H](NC(=O)c1cnc2cc(NC(=O)c3ccccc3-c3ccc(C(F)(F)F)cc3)ccc2c1)c1ccccc1. The van der Waals surface area contributed by atoms with Gasteiger partial charge in [-0.05, 0) is 59.5 Å². The highest BCUT2D eigenvalue weighted by Gasteiger charge is 2.30. The molecule has 0 saturated carbocycles. The van der Waals surface area contributed by atoms with Crippen LogP contribution in [0.2, 0.25) is 0 Å². The maximum Gasteiger partial charge on any atom is 0.416 e. The molecule has 7 nitrogen and oxygen atoms in total. The molecule has 3 N–H and O–H groups in total. The first-order valence-electron chi connectivity index (χ1n) is 15.3. The maximum absolute atomic E-state index is 13.3. The van der Waals surface area contributed by atoms with E-state index in [9.17, 15) is 27.6 Å². The molecule has 4 aromatic carbocycles. The number of carbonyl (C=O) groups excluding carboxylic acids is 3. The average molecular weight is 639 g/mol. The third kappa shape index (κ3) is 8.21. The highest BCUT2D eigenvalue weighted by Crippen LogP contribution is 2.32. The molecule has 47 heavy (non-hydrogen) atoms. The summed E-state index contributed by atoms with van der Waals surface area (Å²) >= 11 is 0. The lowest BCUT2D eigenvalue weighted by Crippen LogP contribution is -2.40. The zero-order valence-electron chi connectivity index (χ0n) is 25.6. The Morgan fingerprint density at radius 1 is 0.809 bits per heavy atom. The van der Waals surface area contributed by atoms with Crippen molar-refractivity contribution in [2.24, 2.45) is 0 Å². The molecule has 0 spiro atoms. The molecule has 240 valence electrons. The molecule has 5 aromatic rings. The number of amides is 3. The van der Waals surface area contributed by atoms with Crippen molar-refractivity contribution >= 4 is 34.3 Å². The molecule has 5 rings (SSSR count). The molecule has 1 atom stereocenters. The monoisotopic (exact) mass is 638 g/mol. The second-order valence-corrected chi connectivity index (χ2v) is 11.0. The Kier molecular flexibility index (Phi) is 10.3. The summed E-state index contributed by atoms with van der Waals surface area (Å²) in [7, 11) is 0. The number of unbranched alkanes of at least 4 members (excludes halogenated alkanes) is 2. The lowest BCUT2D eigenvalue weighted by Gasteiger charge is -2.19. The van der Waals surface area contributed by atoms with Gasteiger partial charge in [0, 0.05) is 29.4 Å². The molecular weight excluding hydrogens is 605 g/mol. The fraction of sp³-hybridized carbons (Fsp3) is 0.189. The highest BCUT2D eigenvalue weighted by atomic mass is 19.4. The number of pyridine rings is 1. The van der Waals surface area contributed by atoms with Crippen molar-refractivity contribution in [1.82, 2.24) is 15.6 Å². The minimum absolute atomic E-state index is 0.263. The maximum atomic E-state index is 13.3. The zero-order chi connectivity index (χ0) is 33.4. The normalized spacial score (nSPS) is 11.9. The Hall–Kier alpha value is -5.51. The van der Waals surface area contributed by atoms with Crippen molar-refractivity contribution in [3.05, 3.63) is 132 Å². The third-order valence-electron chi connectivity index (χ3n) is 7.65. The van der Waals surface area contributed by atoms with Crippen LogP contribution in [0.3, 0.4) is 0 Å². The smallest absolute Gasteiger partial charge is 0.354 e. The number of carbonyl (C=O) groups is 3. The first-order chi connectivity index (χ1) is 22.6. The van der Waals surface area contributed by atoms with E-state index in [0.717, 1.165) is 31.4 Å². The van der Waals surface area contributed by atoms with E-state index in [0.29, 0.717) is 39.8 Å². The van der Waals surface area contributed by atoms with E-state index in [1.165, 1.54) is 18.3 Å². The number of nitrogens with one attached hydrogen (secondary N) is 3. The van der Waals surface area contributed by atoms with Crippen LogP contribution in [0.4, 0.5) is 18.9 Å². The van der Waals surface area contributed by atoms with Crippen LogP contribution in [0.5, 0.6) is 0 Å². The molecule has 0 aliphatic heterocycles. The fourth-order valence-corrected chi connectivity index (χ4v) is 5.14. The number of halogens is 3. The largest absolute Gasteiger partial charge is 0.416 e. The van der Waals surface area contributed by atoms with Crippen molar-refractivity contribution in [2.45, 2.75) is 38.4 Å². The van der Waals surface area contributed by atoms with Crippen LogP contribution in [-0.4, -0.2) is 29.3 Å². The molecule has 3 amide bonds. The van der Waals surface area contributed by atoms with Gasteiger partial charge < -0.3 is 16.0 Å². The van der Waals surface area contributed by atoms with E-state index in [1.807, 2.05) is 6.07 Å². The van der Waals surface area contributed by atoms with Gasteiger partial charge in [-0.1, -0.05) is 86.5 Å². The summed E-state index contributed by atoms with van der Waals surface area (Å²) in [4.78, 5) is 44.1. The van der Waals surface area contributed by atoms with Crippen LogP contribution in [-0.2, 0) is 11.0 Å². The van der Waals surface area contributed by atoms with Crippen molar-refractivity contribution in [3.8, 4) is 11.1 Å². The van der Waals surface area contributed by atoms with E-state index in [1.54, 1.807) is 72.8 Å². The number of rotatable bonds is 11. The van der Waals surface area contributed by atoms with E-state index >= 15 is 0 Å². The predicted octanol–water partition coefficient (Wildman–Crippen LogP) is 7.95. The first-order valence-corrected chi connectivity index (χ1v) is 15.3. The molecule has 0 radical (unpaired) electrons. The van der Waals surface area contributed by atoms with Gasteiger partial charge in [-0.15, -0.1) is 0 Å². The number of benzene rings is 4. The molecule has 0 saturated heterocycles. The van der Waals surface area contributed by atoms with Crippen molar-refractivity contribution in [2.75, 3.05) is 11.9 Å². The minimum atomic E-state index is -4.46. The fourth-order valence-electron chi connectivity index (χ4n) is 5.14. The summed E-state index contributed by atoms with van der Waals surface area (Å²) < 4.78 is 39.1. The van der Waals surface area contributed by atoms with Crippen LogP contribution in [0, 0.1) is 0 Å². The van der Waals surface area contributed by atoms with Crippen molar-refractivity contribution in [1.29, 1.82) is 0 Å². The van der Waals surface area contributed by atoms with E-state index in [-0.39, 0.29) is 17.0 Å². The van der Waals surface area contributed by atoms with Gasteiger partial charge in [0.15, 0.2) is 0 Å². The summed E-state index contributed by atoms with van der Waals surface area (Å²) in [5, 5.41) is 9.22. The summed E-state index contributed by atoms with van der Waals surface area (Å²) in [6.07, 6.45) is -0.187. The van der Waals surface area contributed by atoms with Crippen LogP contribution in [0.1, 0.15) is 64.1 Å². The summed E-state index contributed by atoms with van der Waals surface area (Å²) in [5.74, 6) is -1.21. The number of alkyl halides is 3. The van der Waals surface area contributed by atoms with Gasteiger partial charge >= 0.3 is 6.18 Å². The second-order valence-electron chi connectivity index (χ2n) is 11.0. The number of hydrogen-bond donors (Lipinski definition) is 3. The molecule has 0 aliphatic carbocycles. The molecule has 1 aromatic heterocycles. The van der Waals surface area contributed by atoms with Gasteiger partial charge in [0.2, 0.25) is 5.91 Å². The van der Waals surface area contributed by atoms with Crippen LogP contribution in [0.25, 0.3) is 22.0 Å². The lowest BCUT2D eigenvalue weighted by molar-refractivity contribution is -0.137. The second kappa shape index (κ2) is 14.7. The van der Waals surface area contributed by atoms with E-state index in [2.05, 4.69) is 27.9 Å². The van der Waals surface area contributed by atoms with Gasteiger partial charge in [-0.2, -0.15) is 13.2 Å². The highest BCUT2D eigenvalue weighted by molar-refractivity contribution is 6.09. The quantitative estimate of drug-likeness (QED) is 0.128. The van der Waals surface area contributed by atoms with Gasteiger partial charge in [0.1, 0.15) is 6.04 Å². The zero-order valence-corrected chi connectivity index (χ0v) is 25.6. The molecule has 0 aliphatic rings. The van der Waals surface area contributed by atoms with Crippen LogP contribution >= 0.6 is 0 Å². The summed E-state index contributed by atoms with van der Waals surface area (Å²) in [6, 6.07) is 26.1. The van der Waals surface area contributed by atoms with Gasteiger partial charge in [-0.3, -0.25) is 19.4 Å². The third-order valence-corrected chi connectivity index (χ3v) is 7.65. The first kappa shape index (κ1) is 32.9. The Labute approximate surface area is 270 Å². The predicted molar refractivity (Wildman–Crippen MR) is 176 cm³/mol. The Balaban J connectivity index is 1.31. The number of hydrogen-bond acceptors (Lipinski definition) is 4. The number of nitrogens with zero attached hydrogens (tertiary/aromatic N) is 1. The topological polar surface area (TPSA) is 100 Å². The lowest BCUT2D eigenvalue weighted by atomic mass is 9.98. The van der Waals surface area contributed by atoms with Crippen LogP contribution < -0.4 is 16.0 Å². The van der Waals surface area contributed by atoms with Crippen LogP contribution in [0.15, 0.2) is 109 Å². The average Bonchev–Trinajstić information content (AvgIpc) is 3.08. The minimum Gasteiger partial charge on any atom is -0.354 e. The Bertz CT molecular complexity index is 1880. The van der Waals surface area contributed by atoms with Crippen molar-refractivity contribution < 1.29 is 27.6 Å². The van der Waals surface area contributed by atoms with Crippen molar-refractivity contribution in [3.63, 3.8) is 0 Å². The van der Waals surface area contributed by atoms with Gasteiger partial charge in [-0.25, -0.2) is 0 Å². The van der Waals surface area contributed by atoms with Gasteiger partial charge in [0.25, 0.3) is 11.8 Å². The Morgan fingerprint density at radius 3 is 2.26 bits per heavy atom. The molecule has 0 bridgehead atoms. The molecule has 0 fully saturated rings. The summed E-state index contributed by atoms with van der Waals surface area (Å²) in [6.45, 7) is 2.60. The van der Waals surface area contributed by atoms with E-state index < -0.39 is 29.6 Å². The standard InChI is InChI=1S/C37H33F3N4O3/c1-2-3-9-20-41-36(47)33(25-10-5-4-6-11-25)44-34(45)27-21-26-16-19-29(22-32(26)42-23-27)43-35(46)31-13-8-7-12-30(31)24-14-17-28(18-15-24)37(38,39)40/h4-8,10-19,21-23,33H,2-3,9,20H2,1H3,(H,41,47)(H,43,46)(H,44,45)/t33-/m1/s1. The molecule has 1 heterocycles. The van der Waals surface area contributed by atoms with E-state index in [4.69, 9.17) is 0 Å². The van der Waals surface area contributed by atoms with Gasteiger partial charge in [0.05, 0.1) is 16.6 Å². The Morgan fingerprint density at radius 2 is 1.53 bits per heavy atom. The number of anilines is 1. The number of fused-ring (bicyclic) bond motifs is 1. The number of aromatic nitrogens is 1. The molecule has 10 heteroatoms. The molecule has 0 unspecified atom stereocenters. The molecular formula is C37H33F3N4O3. The summed E-state index contributed by atoms with van der Waals surface area (Å²) in [5.41, 5.74) is 2.35.